The molecule has 0 aliphatic heterocycles. The molecule has 0 amide bonds. The fourth-order valence-electron chi connectivity index (χ4n) is 3.36. The fraction of sp³-hybridized carbons (Fsp3) is 0.318. The highest BCUT2D eigenvalue weighted by Gasteiger charge is 2.53. The molecule has 1 aliphatic carbocycles. The van der Waals surface area contributed by atoms with Gasteiger partial charge in [0.2, 0.25) is 5.60 Å². The lowest BCUT2D eigenvalue weighted by Gasteiger charge is -2.40. The maximum Gasteiger partial charge on any atom is 0.348 e. The smallest absolute Gasteiger partial charge is 0.348 e. The van der Waals surface area contributed by atoms with Crippen LogP contribution >= 0.6 is 0 Å². The molecular weight excluding hydrogens is 504 g/mol. The Bertz CT molecular complexity index is 1130. The Morgan fingerprint density at radius 2 is 1.08 bits per heavy atom. The number of phenols is 6. The minimum Gasteiger partial charge on any atom is -0.504 e. The van der Waals surface area contributed by atoms with Crippen LogP contribution in [0.1, 0.15) is 33.6 Å². The van der Waals surface area contributed by atoms with E-state index in [4.69, 9.17) is 20.1 Å². The van der Waals surface area contributed by atoms with Gasteiger partial charge in [-0.15, -0.1) is 0 Å². The summed E-state index contributed by atoms with van der Waals surface area (Å²) in [5, 5.41) is 93.1. The number of hydrogen-bond acceptors (Lipinski definition) is 14. The first-order valence-electron chi connectivity index (χ1n) is 10.2. The Morgan fingerprint density at radius 3 is 1.41 bits per heavy atom. The van der Waals surface area contributed by atoms with Gasteiger partial charge in [-0.25, -0.2) is 14.4 Å². The lowest BCUT2D eigenvalue weighted by molar-refractivity contribution is -0.187. The summed E-state index contributed by atoms with van der Waals surface area (Å²) in [4.78, 5) is 34.5. The van der Waals surface area contributed by atoms with Crippen molar-refractivity contribution in [1.29, 1.82) is 0 Å². The summed E-state index contributed by atoms with van der Waals surface area (Å²) in [5.74, 6) is -7.95. The average molecular weight is 528 g/mol. The summed E-state index contributed by atoms with van der Waals surface area (Å²) < 4.78 is 9.24. The molecule has 1 aliphatic rings. The van der Waals surface area contributed by atoms with Crippen LogP contribution in [0, 0.1) is 0 Å². The molecule has 15 heteroatoms. The number of ether oxygens (including phenoxy) is 2. The van der Waals surface area contributed by atoms with Gasteiger partial charge in [-0.3, -0.25) is 0 Å². The molecule has 1 saturated carbocycles. The highest BCUT2D eigenvalue weighted by molar-refractivity contribution is 5.94. The molecule has 10 N–H and O–H groups in total. The molecule has 3 rings (SSSR count). The molecule has 37 heavy (non-hydrogen) atoms. The molecule has 0 radical (unpaired) electrons. The SMILES string of the molecule is COC(=O)c1cc(O)c(O)c(O)c1.O=C(OC1(C(=O)O)CC(O)C(O)C(O)C1)c1cc(O)c(O)c(O)c1. The molecule has 0 heterocycles. The molecular formula is C22H24O15. The van der Waals surface area contributed by atoms with Crippen molar-refractivity contribution in [1.82, 2.24) is 0 Å². The first-order valence-corrected chi connectivity index (χ1v) is 10.2. The Kier molecular flexibility index (Phi) is 8.60. The molecule has 15 nitrogen and oxygen atoms in total. The van der Waals surface area contributed by atoms with Crippen molar-refractivity contribution in [3.63, 3.8) is 0 Å². The number of carboxylic acids is 1. The van der Waals surface area contributed by atoms with Crippen LogP contribution in [0.3, 0.4) is 0 Å². The van der Waals surface area contributed by atoms with E-state index in [1.165, 1.54) is 7.11 Å². The van der Waals surface area contributed by atoms with Gasteiger partial charge in [-0.2, -0.15) is 0 Å². The van der Waals surface area contributed by atoms with Crippen molar-refractivity contribution in [2.24, 2.45) is 0 Å². The highest BCUT2D eigenvalue weighted by Crippen LogP contribution is 2.38. The van der Waals surface area contributed by atoms with Gasteiger partial charge >= 0.3 is 17.9 Å². The topological polar surface area (TPSA) is 272 Å². The van der Waals surface area contributed by atoms with Crippen LogP contribution in [-0.4, -0.2) is 100.0 Å². The van der Waals surface area contributed by atoms with Crippen molar-refractivity contribution in [2.75, 3.05) is 7.11 Å². The molecule has 2 unspecified atom stereocenters. The number of phenolic OH excluding ortho intramolecular Hbond substituents is 6. The van der Waals surface area contributed by atoms with E-state index < -0.39 is 94.7 Å². The van der Waals surface area contributed by atoms with Gasteiger partial charge in [0.25, 0.3) is 0 Å². The number of carbonyl (C=O) groups excluding carboxylic acids is 2. The Labute approximate surface area is 207 Å². The summed E-state index contributed by atoms with van der Waals surface area (Å²) in [7, 11) is 1.17. The molecule has 0 aromatic heterocycles. The third-order valence-electron chi connectivity index (χ3n) is 5.34. The van der Waals surface area contributed by atoms with Crippen LogP contribution in [0.15, 0.2) is 24.3 Å². The number of rotatable bonds is 4. The van der Waals surface area contributed by atoms with Crippen LogP contribution in [-0.2, 0) is 14.3 Å². The van der Waals surface area contributed by atoms with Crippen LogP contribution in [0.5, 0.6) is 34.5 Å². The number of aliphatic hydroxyl groups excluding tert-OH is 3. The first-order chi connectivity index (χ1) is 17.1. The number of aliphatic carboxylic acids is 1. The van der Waals surface area contributed by atoms with E-state index in [1.807, 2.05) is 0 Å². The zero-order chi connectivity index (χ0) is 28.2. The van der Waals surface area contributed by atoms with Crippen molar-refractivity contribution in [3.8, 4) is 34.5 Å². The molecule has 202 valence electrons. The molecule has 2 atom stereocenters. The quantitative estimate of drug-likeness (QED) is 0.173. The molecule has 0 bridgehead atoms. The van der Waals surface area contributed by atoms with Crippen molar-refractivity contribution in [2.45, 2.75) is 36.8 Å². The van der Waals surface area contributed by atoms with Crippen LogP contribution < -0.4 is 0 Å². The largest absolute Gasteiger partial charge is 0.504 e. The predicted octanol–water partition coefficient (Wildman–Crippen LogP) is -0.750. The summed E-state index contributed by atoms with van der Waals surface area (Å²) in [6.07, 6.45) is -6.19. The second-order valence-electron chi connectivity index (χ2n) is 7.94. The lowest BCUT2D eigenvalue weighted by Crippen LogP contribution is -2.58. The van der Waals surface area contributed by atoms with Crippen molar-refractivity contribution >= 4 is 17.9 Å². The Hall–Kier alpha value is -4.47. The van der Waals surface area contributed by atoms with Gasteiger partial charge in [-0.05, 0) is 24.3 Å². The number of methoxy groups -OCH3 is 1. The zero-order valence-corrected chi connectivity index (χ0v) is 19.0. The van der Waals surface area contributed by atoms with Gasteiger partial charge in [0.05, 0.1) is 30.4 Å². The van der Waals surface area contributed by atoms with Gasteiger partial charge in [0.15, 0.2) is 34.5 Å². The third kappa shape index (κ3) is 6.21. The summed E-state index contributed by atoms with van der Waals surface area (Å²) in [6, 6.07) is 3.50. The number of benzene rings is 2. The fourth-order valence-corrected chi connectivity index (χ4v) is 3.36. The van der Waals surface area contributed by atoms with E-state index in [1.54, 1.807) is 0 Å². The number of carboxylic acid groups (broad SMARTS) is 1. The van der Waals surface area contributed by atoms with Gasteiger partial charge in [-0.1, -0.05) is 0 Å². The number of aromatic hydroxyl groups is 6. The van der Waals surface area contributed by atoms with Crippen LogP contribution in [0.25, 0.3) is 0 Å². The monoisotopic (exact) mass is 528 g/mol. The van der Waals surface area contributed by atoms with E-state index in [0.29, 0.717) is 0 Å². The standard InChI is InChI=1S/C14H16O10.C8H8O5/c15-6-1-5(2-7(16)10(6)19)12(21)24-14(13(22)23)3-8(17)11(20)9(18)4-14;1-13-8(12)4-2-5(9)7(11)6(10)3-4/h1-2,8-9,11,15-20H,3-4H2,(H,22,23);2-3,9-11H,1H3. The van der Waals surface area contributed by atoms with Gasteiger partial charge < -0.3 is 60.5 Å². The molecule has 0 saturated heterocycles. The molecule has 2 aromatic rings. The van der Waals surface area contributed by atoms with E-state index in [-0.39, 0.29) is 5.56 Å². The maximum atomic E-state index is 12.1. The van der Waals surface area contributed by atoms with E-state index in [9.17, 15) is 50.1 Å². The number of hydrogen-bond donors (Lipinski definition) is 10. The first kappa shape index (κ1) is 28.8. The summed E-state index contributed by atoms with van der Waals surface area (Å²) in [6.45, 7) is 0. The predicted molar refractivity (Wildman–Crippen MR) is 117 cm³/mol. The van der Waals surface area contributed by atoms with Gasteiger partial charge in [0, 0.05) is 12.8 Å². The summed E-state index contributed by atoms with van der Waals surface area (Å²) in [5.41, 5.74) is -2.80. The maximum absolute atomic E-state index is 12.1. The zero-order valence-electron chi connectivity index (χ0n) is 19.0. The van der Waals surface area contributed by atoms with Crippen LogP contribution in [0.4, 0.5) is 0 Å². The lowest BCUT2D eigenvalue weighted by atomic mass is 9.79. The molecule has 0 spiro atoms. The van der Waals surface area contributed by atoms with Crippen molar-refractivity contribution in [3.05, 3.63) is 35.4 Å². The molecule has 2 aromatic carbocycles. The second kappa shape index (κ2) is 11.1. The number of aliphatic hydroxyl groups is 3. The van der Waals surface area contributed by atoms with Crippen LogP contribution in [0.2, 0.25) is 0 Å². The van der Waals surface area contributed by atoms with Crippen molar-refractivity contribution < 1.29 is 74.9 Å². The van der Waals surface area contributed by atoms with E-state index in [0.717, 1.165) is 24.3 Å². The summed E-state index contributed by atoms with van der Waals surface area (Å²) >= 11 is 0. The number of esters is 2. The number of carbonyl (C=O) groups is 3. The molecule has 1 fully saturated rings. The second-order valence-corrected chi connectivity index (χ2v) is 7.94. The Balaban J connectivity index is 0.000000312. The van der Waals surface area contributed by atoms with E-state index >= 15 is 0 Å². The minimum absolute atomic E-state index is 0.0321. The Morgan fingerprint density at radius 1 is 0.730 bits per heavy atom. The highest BCUT2D eigenvalue weighted by atomic mass is 16.6. The van der Waals surface area contributed by atoms with E-state index in [2.05, 4.69) is 4.74 Å². The minimum atomic E-state index is -2.31. The third-order valence-corrected chi connectivity index (χ3v) is 5.34. The van der Waals surface area contributed by atoms with Gasteiger partial charge in [0.1, 0.15) is 6.10 Å². The normalized spacial score (nSPS) is 22.8. The average Bonchev–Trinajstić information content (AvgIpc) is 2.83.